The molecule has 0 saturated heterocycles. The average Bonchev–Trinajstić information content (AvgIpc) is 2.91. The molecule has 0 radical (unpaired) electrons. The Morgan fingerprint density at radius 1 is 0.632 bits per heavy atom. The molecule has 6 nitrogen and oxygen atoms in total. The van der Waals surface area contributed by atoms with Crippen LogP contribution in [0.4, 0.5) is 0 Å². The van der Waals surface area contributed by atoms with E-state index in [4.69, 9.17) is 9.47 Å². The normalized spacial score (nSPS) is 10.9. The fraction of sp³-hybridized carbons (Fsp3) is 0.562. The van der Waals surface area contributed by atoms with Crippen molar-refractivity contribution in [1.29, 1.82) is 0 Å². The molecule has 0 fully saturated rings. The molecule has 2 aromatic rings. The van der Waals surface area contributed by atoms with E-state index in [0.29, 0.717) is 19.0 Å². The molecule has 0 unspecified atom stereocenters. The van der Waals surface area contributed by atoms with Gasteiger partial charge < -0.3 is 19.7 Å². The number of unbranched alkanes of at least 4 members (excludes halogenated alkanes) is 12. The zero-order chi connectivity index (χ0) is 27.4. The molecular weight excluding hydrogens is 480 g/mol. The van der Waals surface area contributed by atoms with E-state index in [9.17, 15) is 19.8 Å². The highest BCUT2D eigenvalue weighted by Crippen LogP contribution is 2.35. The monoisotopic (exact) mass is 526 g/mol. The first-order valence-electron chi connectivity index (χ1n) is 14.5. The second-order valence-electron chi connectivity index (χ2n) is 9.95. The summed E-state index contributed by atoms with van der Waals surface area (Å²) in [6, 6.07) is 13.2. The van der Waals surface area contributed by atoms with Crippen molar-refractivity contribution in [3.8, 4) is 11.5 Å². The van der Waals surface area contributed by atoms with Gasteiger partial charge in [0.2, 0.25) is 0 Å². The van der Waals surface area contributed by atoms with E-state index in [1.807, 2.05) is 6.07 Å². The van der Waals surface area contributed by atoms with E-state index in [0.717, 1.165) is 51.4 Å². The Bertz CT molecular complexity index is 940. The summed E-state index contributed by atoms with van der Waals surface area (Å²) in [5.41, 5.74) is 0.710. The number of aromatic carboxylic acids is 2. The number of carboxylic acids is 2. The zero-order valence-electron chi connectivity index (χ0n) is 23.1. The molecule has 0 aliphatic carbocycles. The van der Waals surface area contributed by atoms with Crippen LogP contribution in [0.2, 0.25) is 0 Å². The van der Waals surface area contributed by atoms with Crippen LogP contribution in [0.25, 0.3) is 0 Å². The lowest BCUT2D eigenvalue weighted by molar-refractivity contribution is 0.0646. The standard InChI is InChI=1S/C32H46O6/c1-2-3-4-5-6-7-8-9-11-18-25-38-30-28(23-22-27(31(33)34)29(30)32(35)36)37-24-17-12-10-14-19-26-20-15-13-16-21-26/h13,15-16,20-23H,2-12,14,17-19,24-25H2,1H3,(H,33,34)(H,35,36). The summed E-state index contributed by atoms with van der Waals surface area (Å²) in [5.74, 6) is -2.30. The van der Waals surface area contributed by atoms with Gasteiger partial charge in [0, 0.05) is 0 Å². The van der Waals surface area contributed by atoms with Crippen molar-refractivity contribution >= 4 is 11.9 Å². The second kappa shape index (κ2) is 19.1. The van der Waals surface area contributed by atoms with Crippen LogP contribution in [0.5, 0.6) is 11.5 Å². The van der Waals surface area contributed by atoms with Gasteiger partial charge in [0.05, 0.1) is 18.8 Å². The highest BCUT2D eigenvalue weighted by Gasteiger charge is 2.25. The van der Waals surface area contributed by atoms with Crippen molar-refractivity contribution in [2.75, 3.05) is 13.2 Å². The Balaban J connectivity index is 1.80. The summed E-state index contributed by atoms with van der Waals surface area (Å²) < 4.78 is 11.8. The van der Waals surface area contributed by atoms with Crippen molar-refractivity contribution in [1.82, 2.24) is 0 Å². The molecule has 0 heterocycles. The third-order valence-electron chi connectivity index (χ3n) is 6.77. The topological polar surface area (TPSA) is 93.1 Å². The van der Waals surface area contributed by atoms with Gasteiger partial charge in [-0.2, -0.15) is 0 Å². The molecule has 0 aromatic heterocycles. The highest BCUT2D eigenvalue weighted by molar-refractivity contribution is 6.04. The van der Waals surface area contributed by atoms with Gasteiger partial charge >= 0.3 is 11.9 Å². The maximum absolute atomic E-state index is 12.0. The minimum Gasteiger partial charge on any atom is -0.490 e. The summed E-state index contributed by atoms with van der Waals surface area (Å²) >= 11 is 0. The SMILES string of the molecule is CCCCCCCCCCCCOc1c(OCCCCCCc2ccccc2)ccc(C(=O)O)c1C(=O)O. The third kappa shape index (κ3) is 12.0. The number of carboxylic acid groups (broad SMARTS) is 2. The van der Waals surface area contributed by atoms with Crippen molar-refractivity contribution in [3.05, 3.63) is 59.2 Å². The van der Waals surface area contributed by atoms with Crippen LogP contribution in [0.1, 0.15) is 123 Å². The summed E-state index contributed by atoms with van der Waals surface area (Å²) in [6.45, 7) is 2.98. The number of rotatable bonds is 22. The van der Waals surface area contributed by atoms with Gasteiger partial charge in [-0.3, -0.25) is 0 Å². The van der Waals surface area contributed by atoms with Gasteiger partial charge in [0.25, 0.3) is 0 Å². The molecule has 2 N–H and O–H groups in total. The van der Waals surface area contributed by atoms with Crippen LogP contribution >= 0.6 is 0 Å². The van der Waals surface area contributed by atoms with Crippen molar-refractivity contribution < 1.29 is 29.3 Å². The summed E-state index contributed by atoms with van der Waals surface area (Å²) in [7, 11) is 0. The molecule has 0 spiro atoms. The molecule has 38 heavy (non-hydrogen) atoms. The Morgan fingerprint density at radius 2 is 1.18 bits per heavy atom. The van der Waals surface area contributed by atoms with Crippen molar-refractivity contribution in [2.24, 2.45) is 0 Å². The van der Waals surface area contributed by atoms with E-state index in [1.54, 1.807) is 0 Å². The highest BCUT2D eigenvalue weighted by atomic mass is 16.5. The molecule has 2 aromatic carbocycles. The summed E-state index contributed by atoms with van der Waals surface area (Å²) in [4.78, 5) is 23.6. The minimum absolute atomic E-state index is 0.0254. The largest absolute Gasteiger partial charge is 0.490 e. The molecule has 0 aliphatic rings. The summed E-state index contributed by atoms with van der Waals surface area (Å²) in [6.07, 6.45) is 16.9. The van der Waals surface area contributed by atoms with E-state index in [2.05, 4.69) is 31.2 Å². The van der Waals surface area contributed by atoms with Crippen molar-refractivity contribution in [3.63, 3.8) is 0 Å². The van der Waals surface area contributed by atoms with Gasteiger partial charge in [0.1, 0.15) is 5.56 Å². The van der Waals surface area contributed by atoms with Gasteiger partial charge in [-0.15, -0.1) is 0 Å². The maximum Gasteiger partial charge on any atom is 0.340 e. The summed E-state index contributed by atoms with van der Waals surface area (Å²) in [5, 5.41) is 19.3. The van der Waals surface area contributed by atoms with Gasteiger partial charge in [0.15, 0.2) is 11.5 Å². The van der Waals surface area contributed by atoms with Crippen LogP contribution in [-0.2, 0) is 6.42 Å². The van der Waals surface area contributed by atoms with E-state index >= 15 is 0 Å². The van der Waals surface area contributed by atoms with Crippen LogP contribution in [0.15, 0.2) is 42.5 Å². The Morgan fingerprint density at radius 3 is 1.76 bits per heavy atom. The first-order chi connectivity index (χ1) is 18.5. The lowest BCUT2D eigenvalue weighted by Gasteiger charge is -2.16. The van der Waals surface area contributed by atoms with E-state index < -0.39 is 11.9 Å². The van der Waals surface area contributed by atoms with Gasteiger partial charge in [-0.05, 0) is 43.4 Å². The maximum atomic E-state index is 12.0. The quantitative estimate of drug-likeness (QED) is 0.149. The molecule has 210 valence electrons. The molecular formula is C32H46O6. The number of aryl methyl sites for hydroxylation is 1. The number of carbonyl (C=O) groups is 2. The zero-order valence-corrected chi connectivity index (χ0v) is 23.1. The average molecular weight is 527 g/mol. The predicted octanol–water partition coefficient (Wildman–Crippen LogP) is 8.56. The molecule has 0 amide bonds. The molecule has 6 heteroatoms. The van der Waals surface area contributed by atoms with Crippen molar-refractivity contribution in [2.45, 2.75) is 103 Å². The van der Waals surface area contributed by atoms with Gasteiger partial charge in [-0.1, -0.05) is 108 Å². The van der Waals surface area contributed by atoms with Crippen LogP contribution < -0.4 is 9.47 Å². The third-order valence-corrected chi connectivity index (χ3v) is 6.77. The van der Waals surface area contributed by atoms with Gasteiger partial charge in [-0.25, -0.2) is 9.59 Å². The molecule has 0 bridgehead atoms. The number of ether oxygens (including phenoxy) is 2. The van der Waals surface area contributed by atoms with Crippen LogP contribution in [0.3, 0.4) is 0 Å². The Labute approximate surface area is 228 Å². The van der Waals surface area contributed by atoms with Crippen LogP contribution in [-0.4, -0.2) is 35.4 Å². The first kappa shape index (κ1) is 31.2. The Kier molecular flexibility index (Phi) is 15.7. The number of hydrogen-bond donors (Lipinski definition) is 2. The minimum atomic E-state index is -1.33. The second-order valence-corrected chi connectivity index (χ2v) is 9.95. The Hall–Kier alpha value is -3.02. The number of hydrogen-bond acceptors (Lipinski definition) is 4. The fourth-order valence-corrected chi connectivity index (χ4v) is 4.59. The lowest BCUT2D eigenvalue weighted by atomic mass is 10.1. The fourth-order valence-electron chi connectivity index (χ4n) is 4.59. The first-order valence-corrected chi connectivity index (χ1v) is 14.5. The van der Waals surface area contributed by atoms with Crippen LogP contribution in [0, 0.1) is 0 Å². The molecule has 2 rings (SSSR count). The van der Waals surface area contributed by atoms with E-state index in [-0.39, 0.29) is 16.9 Å². The molecule has 0 aliphatic heterocycles. The molecule has 0 atom stereocenters. The number of benzene rings is 2. The smallest absolute Gasteiger partial charge is 0.340 e. The lowest BCUT2D eigenvalue weighted by Crippen LogP contribution is -2.13. The van der Waals surface area contributed by atoms with E-state index in [1.165, 1.54) is 62.6 Å². The molecule has 0 saturated carbocycles. The predicted molar refractivity (Wildman–Crippen MR) is 152 cm³/mol.